The molecule has 2 heteroatoms. The van der Waals surface area contributed by atoms with E-state index in [4.69, 9.17) is 0 Å². The normalized spacial score (nSPS) is 30.4. The van der Waals surface area contributed by atoms with Gasteiger partial charge in [0.2, 0.25) is 0 Å². The van der Waals surface area contributed by atoms with Crippen LogP contribution in [-0.4, -0.2) is 17.0 Å². The third-order valence-corrected chi connectivity index (χ3v) is 2.66. The molecule has 0 aromatic heterocycles. The molecule has 0 unspecified atom stereocenters. The molecule has 1 rings (SSSR count). The maximum absolute atomic E-state index is 3.46. The van der Waals surface area contributed by atoms with Crippen LogP contribution in [0.1, 0.15) is 19.3 Å². The van der Waals surface area contributed by atoms with Crippen LogP contribution in [0.3, 0.4) is 0 Å². The molecule has 1 saturated heterocycles. The molecule has 1 N–H and O–H groups in total. The zero-order chi connectivity index (χ0) is 5.82. The molecule has 1 aliphatic heterocycles. The monoisotopic (exact) mass is 225 g/mol. The zero-order valence-electron chi connectivity index (χ0n) is 4.99. The summed E-state index contributed by atoms with van der Waals surface area (Å²) in [7, 11) is 0. The van der Waals surface area contributed by atoms with Crippen LogP contribution in [0.15, 0.2) is 0 Å². The van der Waals surface area contributed by atoms with Gasteiger partial charge in [0.25, 0.3) is 0 Å². The fraction of sp³-hybridized carbons (Fsp3) is 1.00. The van der Waals surface area contributed by atoms with E-state index >= 15 is 0 Å². The average Bonchev–Trinajstić information content (AvgIpc) is 1.90. The summed E-state index contributed by atoms with van der Waals surface area (Å²) in [6, 6.07) is 0.823. The fourth-order valence-corrected chi connectivity index (χ4v) is 1.81. The predicted molar refractivity (Wildman–Crippen MR) is 44.5 cm³/mol. The number of halogens is 1. The molecule has 0 radical (unpaired) electrons. The third kappa shape index (κ3) is 1.90. The Labute approximate surface area is 64.4 Å². The van der Waals surface area contributed by atoms with Gasteiger partial charge < -0.3 is 5.32 Å². The molecule has 1 nitrogen and oxygen atoms in total. The van der Waals surface area contributed by atoms with E-state index in [-0.39, 0.29) is 0 Å². The van der Waals surface area contributed by atoms with E-state index in [1.807, 2.05) is 0 Å². The summed E-state index contributed by atoms with van der Waals surface area (Å²) in [5.41, 5.74) is 0. The van der Waals surface area contributed by atoms with Crippen molar-refractivity contribution < 1.29 is 0 Å². The van der Waals surface area contributed by atoms with Crippen molar-refractivity contribution in [1.82, 2.24) is 5.32 Å². The molecule has 1 atom stereocenters. The number of rotatable bonds is 1. The molecule has 0 saturated carbocycles. The lowest BCUT2D eigenvalue weighted by atomic mass is 10.1. The van der Waals surface area contributed by atoms with E-state index in [0.29, 0.717) is 0 Å². The third-order valence-electron chi connectivity index (χ3n) is 1.60. The molecule has 0 spiro atoms. The maximum atomic E-state index is 3.46. The molecule has 0 aliphatic carbocycles. The SMILES string of the molecule is IC[C@@H]1CCCCN1. The maximum Gasteiger partial charge on any atom is 0.0157 e. The van der Waals surface area contributed by atoms with Crippen LogP contribution >= 0.6 is 22.6 Å². The second kappa shape index (κ2) is 3.67. The van der Waals surface area contributed by atoms with Crippen molar-refractivity contribution in [3.8, 4) is 0 Å². The minimum Gasteiger partial charge on any atom is -0.313 e. The highest BCUT2D eigenvalue weighted by Crippen LogP contribution is 2.08. The van der Waals surface area contributed by atoms with Crippen LogP contribution in [0.4, 0.5) is 0 Å². The summed E-state index contributed by atoms with van der Waals surface area (Å²) < 4.78 is 1.28. The molecule has 0 aromatic carbocycles. The largest absolute Gasteiger partial charge is 0.313 e. The molecular formula is C6H12IN. The van der Waals surface area contributed by atoms with Gasteiger partial charge in [-0.05, 0) is 19.4 Å². The first-order chi connectivity index (χ1) is 3.93. The van der Waals surface area contributed by atoms with Crippen molar-refractivity contribution in [2.45, 2.75) is 25.3 Å². The average molecular weight is 225 g/mol. The molecular weight excluding hydrogens is 213 g/mol. The highest BCUT2D eigenvalue weighted by molar-refractivity contribution is 14.1. The van der Waals surface area contributed by atoms with Gasteiger partial charge in [-0.1, -0.05) is 29.0 Å². The fourth-order valence-electron chi connectivity index (χ4n) is 1.06. The first-order valence-corrected chi connectivity index (χ1v) is 4.75. The molecule has 8 heavy (non-hydrogen) atoms. The van der Waals surface area contributed by atoms with Crippen molar-refractivity contribution in [2.24, 2.45) is 0 Å². The van der Waals surface area contributed by atoms with Gasteiger partial charge in [-0.3, -0.25) is 0 Å². The Morgan fingerprint density at radius 1 is 1.50 bits per heavy atom. The van der Waals surface area contributed by atoms with E-state index in [1.54, 1.807) is 0 Å². The van der Waals surface area contributed by atoms with Crippen molar-refractivity contribution in [3.05, 3.63) is 0 Å². The standard InChI is InChI=1S/C6H12IN/c7-5-6-3-1-2-4-8-6/h6,8H,1-5H2/t6-/m0/s1. The van der Waals surface area contributed by atoms with Crippen LogP contribution in [0.25, 0.3) is 0 Å². The summed E-state index contributed by atoms with van der Waals surface area (Å²) in [4.78, 5) is 0. The first-order valence-electron chi connectivity index (χ1n) is 3.23. The lowest BCUT2D eigenvalue weighted by Gasteiger charge is -2.20. The summed E-state index contributed by atoms with van der Waals surface area (Å²) >= 11 is 2.44. The van der Waals surface area contributed by atoms with E-state index in [1.165, 1.54) is 30.2 Å². The van der Waals surface area contributed by atoms with Gasteiger partial charge in [-0.15, -0.1) is 0 Å². The summed E-state index contributed by atoms with van der Waals surface area (Å²) in [5.74, 6) is 0. The van der Waals surface area contributed by atoms with Gasteiger partial charge in [0.05, 0.1) is 0 Å². The van der Waals surface area contributed by atoms with Crippen LogP contribution in [0.5, 0.6) is 0 Å². The van der Waals surface area contributed by atoms with E-state index < -0.39 is 0 Å². The summed E-state index contributed by atoms with van der Waals surface area (Å²) in [5, 5.41) is 3.46. The summed E-state index contributed by atoms with van der Waals surface area (Å²) in [6.07, 6.45) is 4.21. The van der Waals surface area contributed by atoms with E-state index in [0.717, 1.165) is 6.04 Å². The van der Waals surface area contributed by atoms with E-state index in [9.17, 15) is 0 Å². The molecule has 1 aliphatic rings. The Balaban J connectivity index is 2.13. The minimum absolute atomic E-state index is 0.823. The number of piperidine rings is 1. The van der Waals surface area contributed by atoms with E-state index in [2.05, 4.69) is 27.9 Å². The molecule has 1 fully saturated rings. The second-order valence-electron chi connectivity index (χ2n) is 2.30. The zero-order valence-corrected chi connectivity index (χ0v) is 7.15. The molecule has 0 aromatic rings. The van der Waals surface area contributed by atoms with Gasteiger partial charge in [0.1, 0.15) is 0 Å². The Hall–Kier alpha value is 0.690. The first kappa shape index (κ1) is 6.81. The second-order valence-corrected chi connectivity index (χ2v) is 3.18. The van der Waals surface area contributed by atoms with Crippen LogP contribution in [0.2, 0.25) is 0 Å². The van der Waals surface area contributed by atoms with Crippen molar-refractivity contribution in [1.29, 1.82) is 0 Å². The predicted octanol–water partition coefficient (Wildman–Crippen LogP) is 1.56. The Morgan fingerprint density at radius 2 is 2.38 bits per heavy atom. The number of hydrogen-bond acceptors (Lipinski definition) is 1. The van der Waals surface area contributed by atoms with Crippen molar-refractivity contribution >= 4 is 22.6 Å². The Kier molecular flexibility index (Phi) is 3.12. The lowest BCUT2D eigenvalue weighted by Crippen LogP contribution is -2.34. The number of alkyl halides is 1. The molecule has 48 valence electrons. The van der Waals surface area contributed by atoms with Crippen molar-refractivity contribution in [3.63, 3.8) is 0 Å². The quantitative estimate of drug-likeness (QED) is 0.527. The topological polar surface area (TPSA) is 12.0 Å². The van der Waals surface area contributed by atoms with Crippen LogP contribution in [0, 0.1) is 0 Å². The van der Waals surface area contributed by atoms with Crippen molar-refractivity contribution in [2.75, 3.05) is 11.0 Å². The smallest absolute Gasteiger partial charge is 0.0157 e. The minimum atomic E-state index is 0.823. The Bertz CT molecular complexity index is 59.5. The molecule has 1 heterocycles. The van der Waals surface area contributed by atoms with Gasteiger partial charge in [0.15, 0.2) is 0 Å². The van der Waals surface area contributed by atoms with Gasteiger partial charge >= 0.3 is 0 Å². The van der Waals surface area contributed by atoms with Crippen LogP contribution < -0.4 is 5.32 Å². The molecule has 0 bridgehead atoms. The van der Waals surface area contributed by atoms with Gasteiger partial charge in [-0.25, -0.2) is 0 Å². The highest BCUT2D eigenvalue weighted by atomic mass is 127. The summed E-state index contributed by atoms with van der Waals surface area (Å²) in [6.45, 7) is 1.24. The number of nitrogens with one attached hydrogen (secondary N) is 1. The Morgan fingerprint density at radius 3 is 2.75 bits per heavy atom. The number of hydrogen-bond donors (Lipinski definition) is 1. The lowest BCUT2D eigenvalue weighted by molar-refractivity contribution is 0.433. The molecule has 0 amide bonds. The van der Waals surface area contributed by atoms with Gasteiger partial charge in [-0.2, -0.15) is 0 Å². The highest BCUT2D eigenvalue weighted by Gasteiger charge is 2.08. The van der Waals surface area contributed by atoms with Crippen LogP contribution in [-0.2, 0) is 0 Å². The van der Waals surface area contributed by atoms with Gasteiger partial charge in [0, 0.05) is 10.5 Å².